The number of benzene rings is 1. The molecular weight excluding hydrogens is 254 g/mol. The van der Waals surface area contributed by atoms with Gasteiger partial charge in [0.15, 0.2) is 5.17 Å². The van der Waals surface area contributed by atoms with Crippen molar-refractivity contribution in [3.8, 4) is 0 Å². The van der Waals surface area contributed by atoms with E-state index in [2.05, 4.69) is 15.5 Å². The fourth-order valence-corrected chi connectivity index (χ4v) is 2.51. The second kappa shape index (κ2) is 4.70. The standard InChI is InChI=1S/C12H12ClN3S/c13-9-3-1-8(2-4-9)11-7-17-12(16-15-11)14-10-5-6-10/h1-4,10H,5-7H2,(H,14,16). The maximum absolute atomic E-state index is 5.86. The molecule has 3 nitrogen and oxygen atoms in total. The molecule has 0 saturated heterocycles. The summed E-state index contributed by atoms with van der Waals surface area (Å²) in [5.74, 6) is 0.861. The number of thioether (sulfide) groups is 1. The first kappa shape index (κ1) is 11.1. The van der Waals surface area contributed by atoms with E-state index in [9.17, 15) is 0 Å². The van der Waals surface area contributed by atoms with Gasteiger partial charge in [0.05, 0.1) is 11.8 Å². The molecule has 0 amide bonds. The van der Waals surface area contributed by atoms with Gasteiger partial charge in [-0.25, -0.2) is 0 Å². The summed E-state index contributed by atoms with van der Waals surface area (Å²) >= 11 is 7.57. The molecule has 0 spiro atoms. The molecule has 0 unspecified atom stereocenters. The monoisotopic (exact) mass is 265 g/mol. The van der Waals surface area contributed by atoms with Crippen LogP contribution in [-0.4, -0.2) is 22.7 Å². The molecular formula is C12H12ClN3S. The van der Waals surface area contributed by atoms with Crippen molar-refractivity contribution < 1.29 is 0 Å². The Morgan fingerprint density at radius 1 is 1.29 bits per heavy atom. The van der Waals surface area contributed by atoms with Gasteiger partial charge in [-0.05, 0) is 30.5 Å². The van der Waals surface area contributed by atoms with Gasteiger partial charge in [0, 0.05) is 10.8 Å². The second-order valence-electron chi connectivity index (χ2n) is 4.13. The zero-order chi connectivity index (χ0) is 11.7. The smallest absolute Gasteiger partial charge is 0.177 e. The van der Waals surface area contributed by atoms with E-state index >= 15 is 0 Å². The summed E-state index contributed by atoms with van der Waals surface area (Å²) in [6.07, 6.45) is 2.44. The van der Waals surface area contributed by atoms with Crippen LogP contribution < -0.4 is 5.43 Å². The normalized spacial score (nSPS) is 22.2. The van der Waals surface area contributed by atoms with E-state index in [0.29, 0.717) is 6.04 Å². The molecule has 2 aliphatic rings. The van der Waals surface area contributed by atoms with Crippen LogP contribution >= 0.6 is 23.4 Å². The number of hydrogen-bond donors (Lipinski definition) is 1. The molecule has 0 radical (unpaired) electrons. The minimum absolute atomic E-state index is 0.539. The highest BCUT2D eigenvalue weighted by Gasteiger charge is 2.22. The Kier molecular flexibility index (Phi) is 3.07. The van der Waals surface area contributed by atoms with Crippen LogP contribution in [0.5, 0.6) is 0 Å². The van der Waals surface area contributed by atoms with Crippen LogP contribution in [0.3, 0.4) is 0 Å². The molecule has 17 heavy (non-hydrogen) atoms. The molecule has 1 heterocycles. The molecule has 1 aliphatic carbocycles. The van der Waals surface area contributed by atoms with Gasteiger partial charge in [-0.1, -0.05) is 35.5 Å². The lowest BCUT2D eigenvalue weighted by Gasteiger charge is -2.14. The highest BCUT2D eigenvalue weighted by atomic mass is 35.5. The van der Waals surface area contributed by atoms with Crippen LogP contribution in [0.2, 0.25) is 5.02 Å². The van der Waals surface area contributed by atoms with Crippen LogP contribution in [0, 0.1) is 0 Å². The summed E-state index contributed by atoms with van der Waals surface area (Å²) in [5.41, 5.74) is 5.18. The third kappa shape index (κ3) is 2.82. The predicted octanol–water partition coefficient (Wildman–Crippen LogP) is 2.90. The average molecular weight is 266 g/mol. The summed E-state index contributed by atoms with van der Waals surface area (Å²) in [4.78, 5) is 4.53. The number of rotatable bonds is 2. The van der Waals surface area contributed by atoms with Crippen LogP contribution in [-0.2, 0) is 0 Å². The molecule has 3 rings (SSSR count). The quantitative estimate of drug-likeness (QED) is 0.893. The third-order valence-corrected chi connectivity index (χ3v) is 3.80. The highest BCUT2D eigenvalue weighted by Crippen LogP contribution is 2.25. The van der Waals surface area contributed by atoms with Crippen molar-refractivity contribution in [2.24, 2.45) is 10.1 Å². The second-order valence-corrected chi connectivity index (χ2v) is 5.53. The summed E-state index contributed by atoms with van der Waals surface area (Å²) < 4.78 is 0. The lowest BCUT2D eigenvalue weighted by molar-refractivity contribution is 0.985. The molecule has 1 aromatic rings. The summed E-state index contributed by atoms with van der Waals surface area (Å²) in [6, 6.07) is 8.30. The molecule has 0 bridgehead atoms. The highest BCUT2D eigenvalue weighted by molar-refractivity contribution is 8.14. The molecule has 5 heteroatoms. The molecule has 0 atom stereocenters. The van der Waals surface area contributed by atoms with Gasteiger partial charge in [0.1, 0.15) is 0 Å². The van der Waals surface area contributed by atoms with Crippen LogP contribution in [0.4, 0.5) is 0 Å². The zero-order valence-corrected chi connectivity index (χ0v) is 10.8. The lowest BCUT2D eigenvalue weighted by Crippen LogP contribution is -2.25. The molecule has 1 aromatic carbocycles. The SMILES string of the molecule is Clc1ccc(C2=NNC(=NC3CC3)SC2)cc1. The number of hydrazone groups is 1. The van der Waals surface area contributed by atoms with E-state index in [1.165, 1.54) is 12.8 Å². The Hall–Kier alpha value is -1.00. The van der Waals surface area contributed by atoms with E-state index in [1.807, 2.05) is 24.3 Å². The molecule has 1 fully saturated rings. The molecule has 1 aliphatic heterocycles. The first-order chi connectivity index (χ1) is 8.31. The van der Waals surface area contributed by atoms with Crippen molar-refractivity contribution in [3.63, 3.8) is 0 Å². The van der Waals surface area contributed by atoms with Crippen molar-refractivity contribution in [1.82, 2.24) is 5.43 Å². The lowest BCUT2D eigenvalue weighted by atomic mass is 10.1. The van der Waals surface area contributed by atoms with Gasteiger partial charge in [0.25, 0.3) is 0 Å². The van der Waals surface area contributed by atoms with E-state index < -0.39 is 0 Å². The van der Waals surface area contributed by atoms with Crippen LogP contribution in [0.1, 0.15) is 18.4 Å². The Morgan fingerprint density at radius 3 is 2.65 bits per heavy atom. The van der Waals surface area contributed by atoms with E-state index in [1.54, 1.807) is 11.8 Å². The molecule has 88 valence electrons. The van der Waals surface area contributed by atoms with Gasteiger partial charge in [-0.3, -0.25) is 10.4 Å². The van der Waals surface area contributed by atoms with Gasteiger partial charge in [0.2, 0.25) is 0 Å². The maximum Gasteiger partial charge on any atom is 0.177 e. The van der Waals surface area contributed by atoms with Crippen molar-refractivity contribution in [2.75, 3.05) is 5.75 Å². The number of nitrogens with zero attached hydrogens (tertiary/aromatic N) is 2. The number of nitrogens with one attached hydrogen (secondary N) is 1. The van der Waals surface area contributed by atoms with Crippen molar-refractivity contribution in [1.29, 1.82) is 0 Å². The van der Waals surface area contributed by atoms with Crippen molar-refractivity contribution in [3.05, 3.63) is 34.9 Å². The fraction of sp³-hybridized carbons (Fsp3) is 0.333. The van der Waals surface area contributed by atoms with Gasteiger partial charge in [-0.2, -0.15) is 5.10 Å². The minimum Gasteiger partial charge on any atom is -0.258 e. The molecule has 1 saturated carbocycles. The topological polar surface area (TPSA) is 36.8 Å². The van der Waals surface area contributed by atoms with Crippen LogP contribution in [0.15, 0.2) is 34.4 Å². The van der Waals surface area contributed by atoms with E-state index in [4.69, 9.17) is 11.6 Å². The van der Waals surface area contributed by atoms with E-state index in [-0.39, 0.29) is 0 Å². The minimum atomic E-state index is 0.539. The van der Waals surface area contributed by atoms with Gasteiger partial charge in [-0.15, -0.1) is 0 Å². The number of amidine groups is 1. The molecule has 1 N–H and O–H groups in total. The maximum atomic E-state index is 5.86. The Morgan fingerprint density at radius 2 is 2.06 bits per heavy atom. The predicted molar refractivity (Wildman–Crippen MR) is 74.0 cm³/mol. The van der Waals surface area contributed by atoms with Crippen LogP contribution in [0.25, 0.3) is 0 Å². The first-order valence-electron chi connectivity index (χ1n) is 5.60. The third-order valence-electron chi connectivity index (χ3n) is 2.66. The summed E-state index contributed by atoms with van der Waals surface area (Å²) in [5, 5.41) is 6.06. The largest absolute Gasteiger partial charge is 0.258 e. The Labute approximate surface area is 109 Å². The summed E-state index contributed by atoms with van der Waals surface area (Å²) in [7, 11) is 0. The number of hydrogen-bond acceptors (Lipinski definition) is 3. The Balaban J connectivity index is 1.73. The van der Waals surface area contributed by atoms with Crippen molar-refractivity contribution in [2.45, 2.75) is 18.9 Å². The molecule has 0 aromatic heterocycles. The number of aliphatic imine (C=N–C) groups is 1. The fourth-order valence-electron chi connectivity index (χ4n) is 1.54. The Bertz CT molecular complexity index is 477. The number of halogens is 1. The van der Waals surface area contributed by atoms with Crippen molar-refractivity contribution >= 4 is 34.2 Å². The van der Waals surface area contributed by atoms with Gasteiger partial charge < -0.3 is 0 Å². The zero-order valence-electron chi connectivity index (χ0n) is 9.19. The van der Waals surface area contributed by atoms with E-state index in [0.717, 1.165) is 27.2 Å². The summed E-state index contributed by atoms with van der Waals surface area (Å²) in [6.45, 7) is 0. The van der Waals surface area contributed by atoms with Gasteiger partial charge >= 0.3 is 0 Å². The average Bonchev–Trinajstić information content (AvgIpc) is 3.15. The first-order valence-corrected chi connectivity index (χ1v) is 6.97.